The molecule has 0 aliphatic heterocycles. The lowest BCUT2D eigenvalue weighted by atomic mass is 10.0. The van der Waals surface area contributed by atoms with E-state index in [1.54, 1.807) is 0 Å². The quantitative estimate of drug-likeness (QED) is 0.606. The fourth-order valence-corrected chi connectivity index (χ4v) is 2.91. The normalized spacial score (nSPS) is 10.7. The zero-order chi connectivity index (χ0) is 16.5. The molecule has 3 aromatic rings. The van der Waals surface area contributed by atoms with Crippen LogP contribution in [0.3, 0.4) is 0 Å². The molecular weight excluding hydrogens is 290 g/mol. The van der Waals surface area contributed by atoms with Crippen molar-refractivity contribution in [3.05, 3.63) is 107 Å². The SMILES string of the molecule is c1ccc(CCCc2ccc(CNCc3ccccc3)cc2)cc1. The number of benzene rings is 3. The van der Waals surface area contributed by atoms with E-state index < -0.39 is 0 Å². The molecule has 0 spiro atoms. The highest BCUT2D eigenvalue weighted by atomic mass is 14.8. The standard InChI is InChI=1S/C23H25N/c1-3-8-20(9-4-1)12-7-13-21-14-16-23(17-15-21)19-24-18-22-10-5-2-6-11-22/h1-6,8-11,14-17,24H,7,12-13,18-19H2. The molecule has 0 atom stereocenters. The molecule has 3 aromatic carbocycles. The Hall–Kier alpha value is -2.38. The van der Waals surface area contributed by atoms with Crippen molar-refractivity contribution in [1.82, 2.24) is 5.32 Å². The fraction of sp³-hybridized carbons (Fsp3) is 0.217. The number of nitrogens with one attached hydrogen (secondary N) is 1. The van der Waals surface area contributed by atoms with Crippen LogP contribution >= 0.6 is 0 Å². The Morgan fingerprint density at radius 3 is 1.46 bits per heavy atom. The van der Waals surface area contributed by atoms with Gasteiger partial charge in [0.15, 0.2) is 0 Å². The Kier molecular flexibility index (Phi) is 6.21. The summed E-state index contributed by atoms with van der Waals surface area (Å²) in [6.07, 6.45) is 3.50. The molecule has 0 amide bonds. The highest BCUT2D eigenvalue weighted by molar-refractivity contribution is 5.23. The number of aryl methyl sites for hydroxylation is 2. The summed E-state index contributed by atoms with van der Waals surface area (Å²) in [6, 6.07) is 30.3. The average Bonchev–Trinajstić information content (AvgIpc) is 2.65. The third-order valence-corrected chi connectivity index (χ3v) is 4.30. The molecule has 0 unspecified atom stereocenters. The van der Waals surface area contributed by atoms with Crippen LogP contribution < -0.4 is 5.32 Å². The van der Waals surface area contributed by atoms with Gasteiger partial charge >= 0.3 is 0 Å². The average molecular weight is 315 g/mol. The molecule has 122 valence electrons. The van der Waals surface area contributed by atoms with Gasteiger partial charge in [-0.05, 0) is 41.5 Å². The Bertz CT molecular complexity index is 638. The van der Waals surface area contributed by atoms with Gasteiger partial charge in [-0.1, -0.05) is 84.9 Å². The molecular formula is C23H25N. The Labute approximate surface area is 145 Å². The summed E-state index contributed by atoms with van der Waals surface area (Å²) in [5.74, 6) is 0. The first-order valence-corrected chi connectivity index (χ1v) is 8.76. The molecule has 0 bridgehead atoms. The second-order valence-electron chi connectivity index (χ2n) is 6.24. The van der Waals surface area contributed by atoms with Crippen LogP contribution in [0.4, 0.5) is 0 Å². The van der Waals surface area contributed by atoms with Gasteiger partial charge in [0.2, 0.25) is 0 Å². The van der Waals surface area contributed by atoms with E-state index in [0.29, 0.717) is 0 Å². The van der Waals surface area contributed by atoms with Gasteiger partial charge in [0.05, 0.1) is 0 Å². The van der Waals surface area contributed by atoms with E-state index in [0.717, 1.165) is 25.9 Å². The van der Waals surface area contributed by atoms with Crippen LogP contribution in [0, 0.1) is 0 Å². The first-order valence-electron chi connectivity index (χ1n) is 8.76. The van der Waals surface area contributed by atoms with E-state index >= 15 is 0 Å². The predicted octanol–water partition coefficient (Wildman–Crippen LogP) is 5.15. The molecule has 0 aliphatic carbocycles. The van der Waals surface area contributed by atoms with E-state index in [1.807, 2.05) is 0 Å². The highest BCUT2D eigenvalue weighted by Gasteiger charge is 1.98. The lowest BCUT2D eigenvalue weighted by Crippen LogP contribution is -2.12. The largest absolute Gasteiger partial charge is 0.309 e. The molecule has 0 saturated heterocycles. The van der Waals surface area contributed by atoms with Crippen molar-refractivity contribution in [2.24, 2.45) is 0 Å². The van der Waals surface area contributed by atoms with E-state index in [4.69, 9.17) is 0 Å². The fourth-order valence-electron chi connectivity index (χ4n) is 2.91. The molecule has 0 aliphatic rings. The van der Waals surface area contributed by atoms with Gasteiger partial charge < -0.3 is 5.32 Å². The predicted molar refractivity (Wildman–Crippen MR) is 102 cm³/mol. The van der Waals surface area contributed by atoms with Crippen molar-refractivity contribution in [2.45, 2.75) is 32.4 Å². The van der Waals surface area contributed by atoms with Crippen LogP contribution in [0.1, 0.15) is 28.7 Å². The first kappa shape index (κ1) is 16.5. The molecule has 24 heavy (non-hydrogen) atoms. The molecule has 0 fully saturated rings. The van der Waals surface area contributed by atoms with Gasteiger partial charge in [-0.2, -0.15) is 0 Å². The van der Waals surface area contributed by atoms with Crippen molar-refractivity contribution in [1.29, 1.82) is 0 Å². The summed E-state index contributed by atoms with van der Waals surface area (Å²) in [4.78, 5) is 0. The van der Waals surface area contributed by atoms with E-state index in [2.05, 4.69) is 90.2 Å². The minimum Gasteiger partial charge on any atom is -0.309 e. The van der Waals surface area contributed by atoms with Crippen molar-refractivity contribution in [3.63, 3.8) is 0 Å². The summed E-state index contributed by atoms with van der Waals surface area (Å²) in [5, 5.41) is 3.50. The van der Waals surface area contributed by atoms with Gasteiger partial charge in [-0.15, -0.1) is 0 Å². The maximum absolute atomic E-state index is 3.50. The third-order valence-electron chi connectivity index (χ3n) is 4.30. The van der Waals surface area contributed by atoms with E-state index in [-0.39, 0.29) is 0 Å². The van der Waals surface area contributed by atoms with Gasteiger partial charge in [0, 0.05) is 13.1 Å². The molecule has 1 nitrogen and oxygen atoms in total. The Balaban J connectivity index is 1.40. The number of hydrogen-bond acceptors (Lipinski definition) is 1. The van der Waals surface area contributed by atoms with Crippen LogP contribution in [-0.2, 0) is 25.9 Å². The van der Waals surface area contributed by atoms with Gasteiger partial charge in [0.25, 0.3) is 0 Å². The van der Waals surface area contributed by atoms with Crippen LogP contribution in [-0.4, -0.2) is 0 Å². The minimum atomic E-state index is 0.916. The maximum atomic E-state index is 3.50. The van der Waals surface area contributed by atoms with Crippen LogP contribution in [0.2, 0.25) is 0 Å². The lowest BCUT2D eigenvalue weighted by molar-refractivity contribution is 0.693. The van der Waals surface area contributed by atoms with Crippen molar-refractivity contribution in [3.8, 4) is 0 Å². The highest BCUT2D eigenvalue weighted by Crippen LogP contribution is 2.10. The van der Waals surface area contributed by atoms with Crippen LogP contribution in [0.15, 0.2) is 84.9 Å². The van der Waals surface area contributed by atoms with Gasteiger partial charge in [-0.3, -0.25) is 0 Å². The summed E-state index contributed by atoms with van der Waals surface area (Å²) >= 11 is 0. The first-order chi connectivity index (χ1) is 11.9. The smallest absolute Gasteiger partial charge is 0.0208 e. The van der Waals surface area contributed by atoms with Gasteiger partial charge in [-0.25, -0.2) is 0 Å². The molecule has 3 rings (SSSR count). The topological polar surface area (TPSA) is 12.0 Å². The Morgan fingerprint density at radius 2 is 0.875 bits per heavy atom. The molecule has 0 heterocycles. The zero-order valence-electron chi connectivity index (χ0n) is 14.1. The summed E-state index contributed by atoms with van der Waals surface area (Å²) < 4.78 is 0. The second-order valence-corrected chi connectivity index (χ2v) is 6.24. The summed E-state index contributed by atoms with van der Waals surface area (Å²) in [6.45, 7) is 1.83. The number of rotatable bonds is 8. The third kappa shape index (κ3) is 5.36. The Morgan fingerprint density at radius 1 is 0.458 bits per heavy atom. The molecule has 0 radical (unpaired) electrons. The summed E-state index contributed by atoms with van der Waals surface area (Å²) in [5.41, 5.74) is 5.53. The van der Waals surface area contributed by atoms with E-state index in [9.17, 15) is 0 Å². The zero-order valence-corrected chi connectivity index (χ0v) is 14.1. The second kappa shape index (κ2) is 9.05. The molecule has 0 aromatic heterocycles. The summed E-state index contributed by atoms with van der Waals surface area (Å²) in [7, 11) is 0. The monoisotopic (exact) mass is 315 g/mol. The van der Waals surface area contributed by atoms with E-state index in [1.165, 1.54) is 28.7 Å². The number of hydrogen-bond donors (Lipinski definition) is 1. The van der Waals surface area contributed by atoms with Crippen molar-refractivity contribution < 1.29 is 0 Å². The molecule has 1 heteroatoms. The minimum absolute atomic E-state index is 0.916. The van der Waals surface area contributed by atoms with Crippen LogP contribution in [0.5, 0.6) is 0 Å². The van der Waals surface area contributed by atoms with Crippen molar-refractivity contribution >= 4 is 0 Å². The molecule has 0 saturated carbocycles. The molecule has 1 N–H and O–H groups in total. The maximum Gasteiger partial charge on any atom is 0.0208 e. The van der Waals surface area contributed by atoms with Gasteiger partial charge in [0.1, 0.15) is 0 Å². The van der Waals surface area contributed by atoms with Crippen molar-refractivity contribution in [2.75, 3.05) is 0 Å². The van der Waals surface area contributed by atoms with Crippen LogP contribution in [0.25, 0.3) is 0 Å². The lowest BCUT2D eigenvalue weighted by Gasteiger charge is -2.07.